The molecule has 11 aromatic rings. The highest BCUT2D eigenvalue weighted by Crippen LogP contribution is 2.51. The van der Waals surface area contributed by atoms with Crippen LogP contribution < -0.4 is 0 Å². The van der Waals surface area contributed by atoms with Crippen molar-refractivity contribution in [2.75, 3.05) is 0 Å². The summed E-state index contributed by atoms with van der Waals surface area (Å²) in [5, 5.41) is 4.63. The first-order chi connectivity index (χ1) is 31.9. The van der Waals surface area contributed by atoms with Crippen molar-refractivity contribution in [3.8, 4) is 55.6 Å². The number of fused-ring (bicyclic) bond motifs is 8. The highest BCUT2D eigenvalue weighted by molar-refractivity contribution is 6.15. The van der Waals surface area contributed by atoms with Crippen molar-refractivity contribution in [1.82, 2.24) is 0 Å². The molecule has 0 aliphatic heterocycles. The van der Waals surface area contributed by atoms with Gasteiger partial charge in [0, 0.05) is 27.5 Å². The lowest BCUT2D eigenvalue weighted by atomic mass is 9.74. The van der Waals surface area contributed by atoms with E-state index in [9.17, 15) is 0 Å². The lowest BCUT2D eigenvalue weighted by Gasteiger charge is -2.29. The number of hydrogen-bond acceptors (Lipinski definition) is 1. The Kier molecular flexibility index (Phi) is 9.28. The van der Waals surface area contributed by atoms with Crippen molar-refractivity contribution in [2.24, 2.45) is 0 Å². The monoisotopic (exact) mass is 832 g/mol. The normalized spacial score (nSPS) is 13.8. The molecule has 0 amide bonds. The third kappa shape index (κ3) is 6.53. The highest BCUT2D eigenvalue weighted by Gasteiger charge is 2.36. The van der Waals surface area contributed by atoms with Gasteiger partial charge in [0.25, 0.3) is 0 Å². The standard InChI is InChI=1S/C64H48O/c1-41(50-21-12-13-22-51(50)48-33-37-61-58(39-48)56-36-30-45-20-10-11-23-53(45)63(56)65-61)62(49-32-35-55-54-24-14-15-25-59(54)64(2,3)60(55)40-49)46-28-26-42(27-29-46)47-31-34-52(43-16-6-4-7-17-43)57(38-47)44-18-8-5-9-19-44/h4-41,62H,1-3H3. The molecule has 0 radical (unpaired) electrons. The molecule has 2 unspecified atom stereocenters. The molecule has 10 aromatic carbocycles. The first-order valence-electron chi connectivity index (χ1n) is 22.9. The zero-order valence-corrected chi connectivity index (χ0v) is 36.9. The third-order valence-corrected chi connectivity index (χ3v) is 14.4. The smallest absolute Gasteiger partial charge is 0.143 e. The summed E-state index contributed by atoms with van der Waals surface area (Å²) in [6.07, 6.45) is 0. The quantitative estimate of drug-likeness (QED) is 0.149. The summed E-state index contributed by atoms with van der Waals surface area (Å²) < 4.78 is 6.56. The molecule has 0 bridgehead atoms. The van der Waals surface area contributed by atoms with Gasteiger partial charge in [-0.15, -0.1) is 0 Å². The first kappa shape index (κ1) is 38.9. The van der Waals surface area contributed by atoms with Crippen LogP contribution in [-0.2, 0) is 5.41 Å². The Morgan fingerprint density at radius 2 is 0.985 bits per heavy atom. The summed E-state index contributed by atoms with van der Waals surface area (Å²) in [5.41, 5.74) is 21.0. The lowest BCUT2D eigenvalue weighted by Crippen LogP contribution is -2.17. The van der Waals surface area contributed by atoms with Crippen molar-refractivity contribution in [3.63, 3.8) is 0 Å². The lowest BCUT2D eigenvalue weighted by molar-refractivity contribution is 0.641. The molecular formula is C64H48O. The predicted octanol–water partition coefficient (Wildman–Crippen LogP) is 17.6. The summed E-state index contributed by atoms with van der Waals surface area (Å²) in [6, 6.07) is 82.8. The van der Waals surface area contributed by atoms with Crippen LogP contribution in [0.4, 0.5) is 0 Å². The van der Waals surface area contributed by atoms with E-state index in [2.05, 4.69) is 245 Å². The summed E-state index contributed by atoms with van der Waals surface area (Å²) in [4.78, 5) is 0. The van der Waals surface area contributed by atoms with Gasteiger partial charge in [-0.25, -0.2) is 0 Å². The molecule has 1 aliphatic carbocycles. The van der Waals surface area contributed by atoms with Gasteiger partial charge in [-0.1, -0.05) is 221 Å². The Morgan fingerprint density at radius 1 is 0.369 bits per heavy atom. The minimum atomic E-state index is -0.103. The molecule has 1 heteroatoms. The van der Waals surface area contributed by atoms with E-state index < -0.39 is 0 Å². The molecule has 0 N–H and O–H groups in total. The summed E-state index contributed by atoms with van der Waals surface area (Å²) in [5.74, 6) is 0.220. The Morgan fingerprint density at radius 3 is 1.78 bits per heavy atom. The average Bonchev–Trinajstić information content (AvgIpc) is 3.86. The Bertz CT molecular complexity index is 3570. The topological polar surface area (TPSA) is 13.1 Å². The van der Waals surface area contributed by atoms with E-state index in [0.29, 0.717) is 0 Å². The zero-order valence-electron chi connectivity index (χ0n) is 36.9. The molecule has 1 heterocycles. The van der Waals surface area contributed by atoms with Crippen molar-refractivity contribution < 1.29 is 4.42 Å². The van der Waals surface area contributed by atoms with Crippen LogP contribution in [0, 0.1) is 0 Å². The van der Waals surface area contributed by atoms with Gasteiger partial charge in [0.1, 0.15) is 11.2 Å². The van der Waals surface area contributed by atoms with Gasteiger partial charge in [-0.2, -0.15) is 0 Å². The van der Waals surface area contributed by atoms with E-state index in [1.807, 2.05) is 0 Å². The van der Waals surface area contributed by atoms with Crippen molar-refractivity contribution in [2.45, 2.75) is 38.0 Å². The fourth-order valence-corrected chi connectivity index (χ4v) is 11.0. The van der Waals surface area contributed by atoms with Crippen molar-refractivity contribution >= 4 is 32.7 Å². The van der Waals surface area contributed by atoms with Crippen molar-refractivity contribution in [1.29, 1.82) is 0 Å². The fraction of sp³-hybridized carbons (Fsp3) is 0.0938. The molecule has 310 valence electrons. The van der Waals surface area contributed by atoms with Gasteiger partial charge in [-0.05, 0) is 119 Å². The van der Waals surface area contributed by atoms with Gasteiger partial charge in [0.15, 0.2) is 0 Å². The number of furan rings is 1. The third-order valence-electron chi connectivity index (χ3n) is 14.4. The molecule has 0 fully saturated rings. The van der Waals surface area contributed by atoms with Crippen LogP contribution in [0.2, 0.25) is 0 Å². The second kappa shape index (κ2) is 15.5. The Labute approximate surface area is 381 Å². The maximum absolute atomic E-state index is 6.56. The summed E-state index contributed by atoms with van der Waals surface area (Å²) in [6.45, 7) is 7.20. The summed E-state index contributed by atoms with van der Waals surface area (Å²) in [7, 11) is 0. The molecule has 12 rings (SSSR count). The zero-order chi connectivity index (χ0) is 43.6. The fourth-order valence-electron chi connectivity index (χ4n) is 11.0. The largest absolute Gasteiger partial charge is 0.455 e. The predicted molar refractivity (Wildman–Crippen MR) is 274 cm³/mol. The second-order valence-electron chi connectivity index (χ2n) is 18.4. The summed E-state index contributed by atoms with van der Waals surface area (Å²) >= 11 is 0. The van der Waals surface area contributed by atoms with Crippen LogP contribution in [0.1, 0.15) is 60.4 Å². The Hall–Kier alpha value is -7.74. The molecule has 0 spiro atoms. The first-order valence-corrected chi connectivity index (χ1v) is 22.9. The average molecular weight is 833 g/mol. The molecule has 0 saturated carbocycles. The van der Waals surface area contributed by atoms with Crippen LogP contribution in [0.25, 0.3) is 88.3 Å². The second-order valence-corrected chi connectivity index (χ2v) is 18.4. The van der Waals surface area contributed by atoms with Gasteiger partial charge in [0.2, 0.25) is 0 Å². The van der Waals surface area contributed by atoms with E-state index in [0.717, 1.165) is 27.3 Å². The maximum atomic E-state index is 6.56. The minimum absolute atomic E-state index is 0.0835. The van der Waals surface area contributed by atoms with E-state index in [1.165, 1.54) is 88.8 Å². The van der Waals surface area contributed by atoms with Crippen LogP contribution >= 0.6 is 0 Å². The van der Waals surface area contributed by atoms with Gasteiger partial charge in [0.05, 0.1) is 0 Å². The maximum Gasteiger partial charge on any atom is 0.143 e. The molecular weight excluding hydrogens is 785 g/mol. The van der Waals surface area contributed by atoms with E-state index in [-0.39, 0.29) is 17.3 Å². The molecule has 0 saturated heterocycles. The van der Waals surface area contributed by atoms with Gasteiger partial charge >= 0.3 is 0 Å². The van der Waals surface area contributed by atoms with E-state index in [1.54, 1.807) is 0 Å². The molecule has 1 aliphatic rings. The number of benzene rings is 10. The van der Waals surface area contributed by atoms with E-state index >= 15 is 0 Å². The van der Waals surface area contributed by atoms with Gasteiger partial charge < -0.3 is 4.42 Å². The molecule has 65 heavy (non-hydrogen) atoms. The molecule has 1 aromatic heterocycles. The van der Waals surface area contributed by atoms with Gasteiger partial charge in [-0.3, -0.25) is 0 Å². The van der Waals surface area contributed by atoms with Crippen LogP contribution in [0.15, 0.2) is 229 Å². The van der Waals surface area contributed by atoms with Crippen LogP contribution in [0.3, 0.4) is 0 Å². The highest BCUT2D eigenvalue weighted by atomic mass is 16.3. The molecule has 1 nitrogen and oxygen atoms in total. The number of rotatable bonds is 8. The van der Waals surface area contributed by atoms with E-state index in [4.69, 9.17) is 4.42 Å². The van der Waals surface area contributed by atoms with Crippen molar-refractivity contribution in [3.05, 3.63) is 252 Å². The SMILES string of the molecule is CC(c1ccccc1-c1ccc2oc3c4ccccc4ccc3c2c1)C(c1ccc(-c2ccc(-c3ccccc3)c(-c3ccccc3)c2)cc1)c1ccc2c(c1)C(C)(C)c1ccccc1-2. The number of hydrogen-bond donors (Lipinski definition) is 0. The Balaban J connectivity index is 0.977. The van der Waals surface area contributed by atoms with Crippen LogP contribution in [-0.4, -0.2) is 0 Å². The minimum Gasteiger partial charge on any atom is -0.455 e. The molecule has 2 atom stereocenters. The van der Waals surface area contributed by atoms with Crippen LogP contribution in [0.5, 0.6) is 0 Å².